The predicted molar refractivity (Wildman–Crippen MR) is 53.1 cm³/mol. The van der Waals surface area contributed by atoms with Crippen molar-refractivity contribution in [3.8, 4) is 0 Å². The minimum Gasteiger partial charge on any atom is -0.479 e. The van der Waals surface area contributed by atoms with Gasteiger partial charge in [0.15, 0.2) is 5.60 Å². The maximum atomic E-state index is 11.0. The largest absolute Gasteiger partial charge is 0.479 e. The zero-order valence-corrected chi connectivity index (χ0v) is 8.31. The Balaban J connectivity index is 2.61. The smallest absolute Gasteiger partial charge is 0.336 e. The number of hydrogen-bond acceptors (Lipinski definition) is 3. The number of hydrogen-bond donors (Lipinski definition) is 1. The molecule has 1 fully saturated rings. The standard InChI is InChI=1S/C9H14O3S/c1-2-5-12-9(8(10)11)3-6-13-7-4-9/h2H,1,3-7H2,(H,10,11). The van der Waals surface area contributed by atoms with Crippen LogP contribution in [0.3, 0.4) is 0 Å². The molecule has 0 unspecified atom stereocenters. The summed E-state index contributed by atoms with van der Waals surface area (Å²) in [6, 6.07) is 0. The number of ether oxygens (including phenoxy) is 1. The van der Waals surface area contributed by atoms with Gasteiger partial charge < -0.3 is 9.84 Å². The number of carboxylic acids is 1. The zero-order valence-electron chi connectivity index (χ0n) is 7.49. The monoisotopic (exact) mass is 202 g/mol. The van der Waals surface area contributed by atoms with Gasteiger partial charge in [0.2, 0.25) is 0 Å². The van der Waals surface area contributed by atoms with Gasteiger partial charge in [-0.1, -0.05) is 6.08 Å². The van der Waals surface area contributed by atoms with Gasteiger partial charge in [-0.25, -0.2) is 4.79 Å². The molecular weight excluding hydrogens is 188 g/mol. The summed E-state index contributed by atoms with van der Waals surface area (Å²) in [5, 5.41) is 9.05. The van der Waals surface area contributed by atoms with E-state index in [0.29, 0.717) is 19.4 Å². The third-order valence-electron chi connectivity index (χ3n) is 2.17. The summed E-state index contributed by atoms with van der Waals surface area (Å²) in [5.41, 5.74) is -0.945. The summed E-state index contributed by atoms with van der Waals surface area (Å²) in [4.78, 5) is 11.0. The van der Waals surface area contributed by atoms with E-state index < -0.39 is 11.6 Å². The van der Waals surface area contributed by atoms with E-state index in [-0.39, 0.29) is 0 Å². The molecule has 1 aliphatic heterocycles. The van der Waals surface area contributed by atoms with Gasteiger partial charge in [-0.3, -0.25) is 0 Å². The summed E-state index contributed by atoms with van der Waals surface area (Å²) in [7, 11) is 0. The van der Waals surface area contributed by atoms with Crippen molar-refractivity contribution in [3.05, 3.63) is 12.7 Å². The van der Waals surface area contributed by atoms with Crippen molar-refractivity contribution in [3.63, 3.8) is 0 Å². The van der Waals surface area contributed by atoms with E-state index in [1.54, 1.807) is 17.8 Å². The lowest BCUT2D eigenvalue weighted by Crippen LogP contribution is -2.44. The first-order valence-electron chi connectivity index (χ1n) is 4.27. The third-order valence-corrected chi connectivity index (χ3v) is 3.15. The summed E-state index contributed by atoms with van der Waals surface area (Å²) < 4.78 is 5.35. The van der Waals surface area contributed by atoms with E-state index >= 15 is 0 Å². The second-order valence-corrected chi connectivity index (χ2v) is 4.24. The average molecular weight is 202 g/mol. The van der Waals surface area contributed by atoms with E-state index in [9.17, 15) is 4.79 Å². The molecule has 74 valence electrons. The fraction of sp³-hybridized carbons (Fsp3) is 0.667. The number of carboxylic acid groups (broad SMARTS) is 1. The third kappa shape index (κ3) is 2.48. The molecule has 0 aliphatic carbocycles. The van der Waals surface area contributed by atoms with E-state index in [0.717, 1.165) is 11.5 Å². The lowest BCUT2D eigenvalue weighted by atomic mass is 9.97. The Morgan fingerprint density at radius 1 is 1.62 bits per heavy atom. The fourth-order valence-electron chi connectivity index (χ4n) is 1.34. The molecule has 13 heavy (non-hydrogen) atoms. The van der Waals surface area contributed by atoms with Crippen LogP contribution in [0.4, 0.5) is 0 Å². The Kier molecular flexibility index (Phi) is 3.81. The first kappa shape index (κ1) is 10.6. The minimum atomic E-state index is -0.945. The molecule has 1 aliphatic rings. The summed E-state index contributed by atoms with van der Waals surface area (Å²) in [5.74, 6) is 0.891. The second kappa shape index (κ2) is 4.67. The van der Waals surface area contributed by atoms with Crippen molar-refractivity contribution in [1.82, 2.24) is 0 Å². The second-order valence-electron chi connectivity index (χ2n) is 3.01. The summed E-state index contributed by atoms with van der Waals surface area (Å²) in [6.07, 6.45) is 2.79. The van der Waals surface area contributed by atoms with Crippen molar-refractivity contribution >= 4 is 17.7 Å². The van der Waals surface area contributed by atoms with E-state index in [1.807, 2.05) is 0 Å². The SMILES string of the molecule is C=CCOC1(C(=O)O)CCSCC1. The van der Waals surface area contributed by atoms with Gasteiger partial charge in [-0.15, -0.1) is 6.58 Å². The molecule has 0 aromatic heterocycles. The van der Waals surface area contributed by atoms with Crippen LogP contribution in [-0.2, 0) is 9.53 Å². The molecule has 0 spiro atoms. The van der Waals surface area contributed by atoms with Crippen molar-refractivity contribution in [2.45, 2.75) is 18.4 Å². The molecule has 3 nitrogen and oxygen atoms in total. The number of thioether (sulfide) groups is 1. The molecule has 1 rings (SSSR count). The molecule has 1 N–H and O–H groups in total. The minimum absolute atomic E-state index is 0.316. The molecular formula is C9H14O3S. The van der Waals surface area contributed by atoms with Crippen molar-refractivity contribution < 1.29 is 14.6 Å². The van der Waals surface area contributed by atoms with E-state index in [1.165, 1.54) is 0 Å². The highest BCUT2D eigenvalue weighted by atomic mass is 32.2. The Morgan fingerprint density at radius 3 is 2.69 bits per heavy atom. The summed E-state index contributed by atoms with van der Waals surface area (Å²) in [6.45, 7) is 3.83. The van der Waals surface area contributed by atoms with Crippen molar-refractivity contribution in [2.75, 3.05) is 18.1 Å². The van der Waals surface area contributed by atoms with Crippen LogP contribution < -0.4 is 0 Å². The van der Waals surface area contributed by atoms with Gasteiger partial charge in [-0.05, 0) is 24.3 Å². The van der Waals surface area contributed by atoms with Crippen LogP contribution in [-0.4, -0.2) is 34.8 Å². The number of rotatable bonds is 4. The van der Waals surface area contributed by atoms with Crippen LogP contribution in [0.2, 0.25) is 0 Å². The van der Waals surface area contributed by atoms with Crippen LogP contribution >= 0.6 is 11.8 Å². The zero-order chi connectivity index (χ0) is 9.73. The van der Waals surface area contributed by atoms with Crippen molar-refractivity contribution in [2.24, 2.45) is 0 Å². The predicted octanol–water partition coefficient (Wildman–Crippen LogP) is 1.54. The topological polar surface area (TPSA) is 46.5 Å². The molecule has 0 bridgehead atoms. The molecule has 0 aromatic rings. The normalized spacial score (nSPS) is 20.9. The summed E-state index contributed by atoms with van der Waals surface area (Å²) >= 11 is 1.78. The highest BCUT2D eigenvalue weighted by Crippen LogP contribution is 2.30. The van der Waals surface area contributed by atoms with Gasteiger partial charge in [0.05, 0.1) is 6.61 Å². The average Bonchev–Trinajstić information content (AvgIpc) is 2.16. The van der Waals surface area contributed by atoms with Gasteiger partial charge in [0, 0.05) is 0 Å². The van der Waals surface area contributed by atoms with Crippen LogP contribution in [0.25, 0.3) is 0 Å². The van der Waals surface area contributed by atoms with Gasteiger partial charge in [0.1, 0.15) is 0 Å². The lowest BCUT2D eigenvalue weighted by molar-refractivity contribution is -0.165. The first-order chi connectivity index (χ1) is 6.21. The van der Waals surface area contributed by atoms with Crippen molar-refractivity contribution in [1.29, 1.82) is 0 Å². The number of aliphatic carboxylic acids is 1. The molecule has 0 atom stereocenters. The molecule has 1 saturated heterocycles. The van der Waals surface area contributed by atoms with E-state index in [4.69, 9.17) is 9.84 Å². The Bertz CT molecular complexity index is 197. The van der Waals surface area contributed by atoms with Gasteiger partial charge in [-0.2, -0.15) is 11.8 Å². The molecule has 1 heterocycles. The van der Waals surface area contributed by atoms with Crippen LogP contribution in [0.1, 0.15) is 12.8 Å². The first-order valence-corrected chi connectivity index (χ1v) is 5.43. The Hall–Kier alpha value is -0.480. The van der Waals surface area contributed by atoms with E-state index in [2.05, 4.69) is 6.58 Å². The number of carbonyl (C=O) groups is 1. The molecule has 0 amide bonds. The maximum Gasteiger partial charge on any atom is 0.336 e. The maximum absolute atomic E-state index is 11.0. The quantitative estimate of drug-likeness (QED) is 0.702. The molecule has 0 radical (unpaired) electrons. The Morgan fingerprint density at radius 2 is 2.23 bits per heavy atom. The fourth-order valence-corrected chi connectivity index (χ4v) is 2.49. The van der Waals surface area contributed by atoms with Crippen LogP contribution in [0.15, 0.2) is 12.7 Å². The van der Waals surface area contributed by atoms with Crippen LogP contribution in [0.5, 0.6) is 0 Å². The van der Waals surface area contributed by atoms with Crippen LogP contribution in [0, 0.1) is 0 Å². The highest BCUT2D eigenvalue weighted by molar-refractivity contribution is 7.99. The molecule has 0 aromatic carbocycles. The highest BCUT2D eigenvalue weighted by Gasteiger charge is 2.40. The molecule has 0 saturated carbocycles. The lowest BCUT2D eigenvalue weighted by Gasteiger charge is -2.32. The van der Waals surface area contributed by atoms with Gasteiger partial charge >= 0.3 is 5.97 Å². The van der Waals surface area contributed by atoms with Gasteiger partial charge in [0.25, 0.3) is 0 Å². The Labute approximate surface area is 82.2 Å². The molecule has 4 heteroatoms.